The van der Waals surface area contributed by atoms with E-state index in [9.17, 15) is 9.59 Å². The van der Waals surface area contributed by atoms with Gasteiger partial charge in [0.1, 0.15) is 5.75 Å². The number of aromatic nitrogens is 2. The van der Waals surface area contributed by atoms with E-state index in [0.717, 1.165) is 11.3 Å². The monoisotopic (exact) mass is 392 g/mol. The summed E-state index contributed by atoms with van der Waals surface area (Å²) in [6.07, 6.45) is 2.83. The van der Waals surface area contributed by atoms with Crippen LogP contribution in [0.4, 0.5) is 17.3 Å². The molecule has 1 amide bonds. The molecule has 8 nitrogen and oxygen atoms in total. The van der Waals surface area contributed by atoms with Crippen LogP contribution in [0.2, 0.25) is 0 Å². The number of esters is 1. The van der Waals surface area contributed by atoms with Gasteiger partial charge in [0, 0.05) is 18.1 Å². The standard InChI is InChI=1S/C21H20N4O4/c1-13-7-8-18(28-2)17(9-13)25-21-22-11-15(12-23-21)19(26)24-16-6-4-5-14(10-16)20(27)29-3/h4-12H,1-3H3,(H,24,26)(H,22,23,25). The van der Waals surface area contributed by atoms with Crippen LogP contribution >= 0.6 is 0 Å². The summed E-state index contributed by atoms with van der Waals surface area (Å²) in [5.41, 5.74) is 2.86. The Morgan fingerprint density at radius 1 is 0.966 bits per heavy atom. The average Bonchev–Trinajstić information content (AvgIpc) is 2.74. The van der Waals surface area contributed by atoms with Crippen LogP contribution in [0.1, 0.15) is 26.3 Å². The van der Waals surface area contributed by atoms with Gasteiger partial charge in [0.15, 0.2) is 0 Å². The van der Waals surface area contributed by atoms with E-state index in [1.54, 1.807) is 25.3 Å². The first-order valence-corrected chi connectivity index (χ1v) is 8.73. The Bertz CT molecular complexity index is 1040. The highest BCUT2D eigenvalue weighted by Crippen LogP contribution is 2.27. The van der Waals surface area contributed by atoms with Gasteiger partial charge in [-0.2, -0.15) is 0 Å². The van der Waals surface area contributed by atoms with Crippen molar-refractivity contribution in [2.24, 2.45) is 0 Å². The largest absolute Gasteiger partial charge is 0.495 e. The number of anilines is 3. The maximum atomic E-state index is 12.4. The third-order valence-corrected chi connectivity index (χ3v) is 4.06. The molecule has 2 N–H and O–H groups in total. The molecule has 0 unspecified atom stereocenters. The van der Waals surface area contributed by atoms with Crippen molar-refractivity contribution in [1.82, 2.24) is 9.97 Å². The Morgan fingerprint density at radius 2 is 1.72 bits per heavy atom. The number of hydrogen-bond donors (Lipinski definition) is 2. The van der Waals surface area contributed by atoms with Crippen LogP contribution in [0.25, 0.3) is 0 Å². The van der Waals surface area contributed by atoms with E-state index in [-0.39, 0.29) is 5.56 Å². The number of hydrogen-bond acceptors (Lipinski definition) is 7. The Labute approximate surface area is 167 Å². The average molecular weight is 392 g/mol. The Hall–Kier alpha value is -3.94. The molecule has 2 aromatic carbocycles. The van der Waals surface area contributed by atoms with Crippen molar-refractivity contribution in [2.75, 3.05) is 24.9 Å². The van der Waals surface area contributed by atoms with E-state index in [0.29, 0.717) is 22.9 Å². The van der Waals surface area contributed by atoms with Crippen molar-refractivity contribution in [2.45, 2.75) is 6.92 Å². The maximum Gasteiger partial charge on any atom is 0.337 e. The van der Waals surface area contributed by atoms with E-state index in [4.69, 9.17) is 4.74 Å². The second-order valence-corrected chi connectivity index (χ2v) is 6.15. The number of ether oxygens (including phenoxy) is 2. The Kier molecular flexibility index (Phi) is 6.03. The van der Waals surface area contributed by atoms with Gasteiger partial charge >= 0.3 is 5.97 Å². The van der Waals surface area contributed by atoms with Gasteiger partial charge < -0.3 is 20.1 Å². The van der Waals surface area contributed by atoms with Gasteiger partial charge in [0.25, 0.3) is 5.91 Å². The Morgan fingerprint density at radius 3 is 2.41 bits per heavy atom. The minimum Gasteiger partial charge on any atom is -0.495 e. The van der Waals surface area contributed by atoms with Gasteiger partial charge in [-0.3, -0.25) is 4.79 Å². The lowest BCUT2D eigenvalue weighted by atomic mass is 10.2. The van der Waals surface area contributed by atoms with Crippen molar-refractivity contribution in [3.63, 3.8) is 0 Å². The minimum atomic E-state index is -0.480. The molecule has 0 aliphatic rings. The van der Waals surface area contributed by atoms with Crippen LogP contribution < -0.4 is 15.4 Å². The van der Waals surface area contributed by atoms with Crippen molar-refractivity contribution in [3.05, 3.63) is 71.5 Å². The van der Waals surface area contributed by atoms with Gasteiger partial charge in [-0.05, 0) is 42.8 Å². The molecule has 0 aliphatic carbocycles. The summed E-state index contributed by atoms with van der Waals surface area (Å²) >= 11 is 0. The number of methoxy groups -OCH3 is 2. The molecule has 148 valence electrons. The molecule has 8 heteroatoms. The number of benzene rings is 2. The van der Waals surface area contributed by atoms with Crippen molar-refractivity contribution in [1.29, 1.82) is 0 Å². The van der Waals surface area contributed by atoms with Crippen LogP contribution in [-0.2, 0) is 4.74 Å². The van der Waals surface area contributed by atoms with E-state index < -0.39 is 11.9 Å². The van der Waals surface area contributed by atoms with E-state index in [2.05, 4.69) is 25.3 Å². The highest BCUT2D eigenvalue weighted by molar-refractivity contribution is 6.04. The van der Waals surface area contributed by atoms with Gasteiger partial charge in [-0.15, -0.1) is 0 Å². The molecule has 3 rings (SSSR count). The number of amides is 1. The maximum absolute atomic E-state index is 12.4. The predicted octanol–water partition coefficient (Wildman–Crippen LogP) is 3.58. The fourth-order valence-corrected chi connectivity index (χ4v) is 2.59. The quantitative estimate of drug-likeness (QED) is 0.618. The molecule has 0 atom stereocenters. The predicted molar refractivity (Wildman–Crippen MR) is 109 cm³/mol. The van der Waals surface area contributed by atoms with Gasteiger partial charge in [-0.25, -0.2) is 14.8 Å². The summed E-state index contributed by atoms with van der Waals surface area (Å²) in [7, 11) is 2.88. The summed E-state index contributed by atoms with van der Waals surface area (Å²) in [6.45, 7) is 1.97. The summed E-state index contributed by atoms with van der Waals surface area (Å²) in [4.78, 5) is 32.4. The SMILES string of the molecule is COC(=O)c1cccc(NC(=O)c2cnc(Nc3cc(C)ccc3OC)nc2)c1. The molecule has 0 radical (unpaired) electrons. The zero-order chi connectivity index (χ0) is 20.8. The van der Waals surface area contributed by atoms with E-state index in [1.807, 2.05) is 25.1 Å². The lowest BCUT2D eigenvalue weighted by Crippen LogP contribution is -2.13. The molecule has 1 aromatic heterocycles. The van der Waals surface area contributed by atoms with Gasteiger partial charge in [0.2, 0.25) is 5.95 Å². The van der Waals surface area contributed by atoms with Gasteiger partial charge in [-0.1, -0.05) is 12.1 Å². The second kappa shape index (κ2) is 8.83. The van der Waals surface area contributed by atoms with Crippen LogP contribution in [0.3, 0.4) is 0 Å². The fraction of sp³-hybridized carbons (Fsp3) is 0.143. The van der Waals surface area contributed by atoms with Gasteiger partial charge in [0.05, 0.1) is 31.0 Å². The third-order valence-electron chi connectivity index (χ3n) is 4.06. The lowest BCUT2D eigenvalue weighted by molar-refractivity contribution is 0.0600. The number of carbonyl (C=O) groups excluding carboxylic acids is 2. The molecule has 29 heavy (non-hydrogen) atoms. The first-order valence-electron chi connectivity index (χ1n) is 8.73. The zero-order valence-electron chi connectivity index (χ0n) is 16.2. The van der Waals surface area contributed by atoms with E-state index in [1.165, 1.54) is 25.6 Å². The highest BCUT2D eigenvalue weighted by Gasteiger charge is 2.11. The summed E-state index contributed by atoms with van der Waals surface area (Å²) in [6, 6.07) is 12.2. The summed E-state index contributed by atoms with van der Waals surface area (Å²) < 4.78 is 10.00. The summed E-state index contributed by atoms with van der Waals surface area (Å²) in [5.74, 6) is 0.114. The fourth-order valence-electron chi connectivity index (χ4n) is 2.59. The van der Waals surface area contributed by atoms with Crippen molar-refractivity contribution in [3.8, 4) is 5.75 Å². The number of nitrogens with zero attached hydrogens (tertiary/aromatic N) is 2. The van der Waals surface area contributed by atoms with Crippen LogP contribution in [0.5, 0.6) is 5.75 Å². The highest BCUT2D eigenvalue weighted by atomic mass is 16.5. The molecule has 0 saturated heterocycles. The minimum absolute atomic E-state index is 0.273. The molecule has 3 aromatic rings. The van der Waals surface area contributed by atoms with Crippen LogP contribution in [-0.4, -0.2) is 36.1 Å². The van der Waals surface area contributed by atoms with E-state index >= 15 is 0 Å². The first kappa shape index (κ1) is 19.8. The molecule has 0 spiro atoms. The number of aryl methyl sites for hydroxylation is 1. The van der Waals surface area contributed by atoms with Crippen LogP contribution in [0, 0.1) is 6.92 Å². The van der Waals surface area contributed by atoms with Crippen molar-refractivity contribution < 1.29 is 19.1 Å². The molecule has 0 aliphatic heterocycles. The molecule has 0 fully saturated rings. The normalized spacial score (nSPS) is 10.2. The molecular weight excluding hydrogens is 372 g/mol. The molecule has 0 saturated carbocycles. The smallest absolute Gasteiger partial charge is 0.337 e. The first-order chi connectivity index (χ1) is 14.0. The third kappa shape index (κ3) is 4.86. The zero-order valence-corrected chi connectivity index (χ0v) is 16.2. The number of nitrogens with one attached hydrogen (secondary N) is 2. The topological polar surface area (TPSA) is 102 Å². The van der Waals surface area contributed by atoms with Crippen molar-refractivity contribution >= 4 is 29.2 Å². The molecule has 1 heterocycles. The van der Waals surface area contributed by atoms with Crippen LogP contribution in [0.15, 0.2) is 54.9 Å². The summed E-state index contributed by atoms with van der Waals surface area (Å²) in [5, 5.41) is 5.78. The second-order valence-electron chi connectivity index (χ2n) is 6.15. The number of carbonyl (C=O) groups is 2. The lowest BCUT2D eigenvalue weighted by Gasteiger charge is -2.11. The molecular formula is C21H20N4O4. The Balaban J connectivity index is 1.71. The molecule has 0 bridgehead atoms. The number of rotatable bonds is 6.